The fourth-order valence-electron chi connectivity index (χ4n) is 7.79. The van der Waals surface area contributed by atoms with Gasteiger partial charge in [0, 0.05) is 16.7 Å². The third kappa shape index (κ3) is 4.57. The standard InChI is InChI=1S/C47H32N2/c1-3-12-32(13-4-1)45-46(33-14-5-2-6-15-33)49-44-18-10-9-17-41(44)43-30-40(25-26-42(43)47(49)48-45)39-24-23-37-28-36(21-22-38(37)29-39)35-20-19-31-11-7-8-16-34(31)27-35/h1-30,47-48H. The average Bonchev–Trinajstić information content (AvgIpc) is 3.59. The van der Waals surface area contributed by atoms with Gasteiger partial charge >= 0.3 is 0 Å². The van der Waals surface area contributed by atoms with Crippen LogP contribution in [-0.4, -0.2) is 0 Å². The maximum Gasteiger partial charge on any atom is 0.131 e. The molecule has 0 saturated carbocycles. The third-order valence-corrected chi connectivity index (χ3v) is 10.2. The number of rotatable bonds is 4. The van der Waals surface area contributed by atoms with E-state index < -0.39 is 0 Å². The van der Waals surface area contributed by atoms with Crippen LogP contribution in [0.25, 0.3) is 66.3 Å². The van der Waals surface area contributed by atoms with E-state index in [1.807, 2.05) is 0 Å². The molecule has 2 heteroatoms. The minimum Gasteiger partial charge on any atom is -0.359 e. The number of benzene rings is 8. The predicted molar refractivity (Wildman–Crippen MR) is 206 cm³/mol. The van der Waals surface area contributed by atoms with Crippen molar-refractivity contribution in [2.75, 3.05) is 4.90 Å². The molecular weight excluding hydrogens is 593 g/mol. The van der Waals surface area contributed by atoms with E-state index in [4.69, 9.17) is 0 Å². The average molecular weight is 625 g/mol. The molecule has 0 bridgehead atoms. The lowest BCUT2D eigenvalue weighted by molar-refractivity contribution is 0.674. The van der Waals surface area contributed by atoms with Gasteiger partial charge in [-0.15, -0.1) is 0 Å². The Balaban J connectivity index is 1.05. The molecule has 0 amide bonds. The molecule has 0 saturated heterocycles. The Morgan fingerprint density at radius 3 is 1.57 bits per heavy atom. The van der Waals surface area contributed by atoms with Crippen molar-refractivity contribution in [1.82, 2.24) is 5.32 Å². The monoisotopic (exact) mass is 624 g/mol. The molecule has 1 unspecified atom stereocenters. The molecule has 0 spiro atoms. The minimum atomic E-state index is -0.0190. The zero-order valence-electron chi connectivity index (χ0n) is 26.8. The van der Waals surface area contributed by atoms with Crippen molar-refractivity contribution in [3.63, 3.8) is 0 Å². The summed E-state index contributed by atoms with van der Waals surface area (Å²) in [6, 6.07) is 66.3. The van der Waals surface area contributed by atoms with Crippen LogP contribution in [0.5, 0.6) is 0 Å². The Labute approximate surface area is 286 Å². The second-order valence-electron chi connectivity index (χ2n) is 13.0. The van der Waals surface area contributed by atoms with Crippen molar-refractivity contribution in [3.8, 4) is 33.4 Å². The van der Waals surface area contributed by atoms with E-state index in [1.54, 1.807) is 0 Å². The van der Waals surface area contributed by atoms with Gasteiger partial charge in [-0.3, -0.25) is 0 Å². The van der Waals surface area contributed by atoms with Crippen LogP contribution in [0.15, 0.2) is 182 Å². The Bertz CT molecular complexity index is 2580. The van der Waals surface area contributed by atoms with Crippen molar-refractivity contribution < 1.29 is 0 Å². The fraction of sp³-hybridized carbons (Fsp3) is 0.0213. The highest BCUT2D eigenvalue weighted by atomic mass is 15.3. The molecule has 0 fully saturated rings. The Morgan fingerprint density at radius 2 is 0.878 bits per heavy atom. The summed E-state index contributed by atoms with van der Waals surface area (Å²) in [6.07, 6.45) is -0.0190. The van der Waals surface area contributed by atoms with E-state index in [0.717, 1.165) is 5.70 Å². The van der Waals surface area contributed by atoms with E-state index in [2.05, 4.69) is 192 Å². The summed E-state index contributed by atoms with van der Waals surface area (Å²) >= 11 is 0. The Morgan fingerprint density at radius 1 is 0.367 bits per heavy atom. The molecule has 0 radical (unpaired) electrons. The van der Waals surface area contributed by atoms with Gasteiger partial charge < -0.3 is 10.2 Å². The van der Waals surface area contributed by atoms with Gasteiger partial charge in [-0.2, -0.15) is 0 Å². The van der Waals surface area contributed by atoms with Crippen LogP contribution < -0.4 is 10.2 Å². The normalized spacial score (nSPS) is 14.8. The van der Waals surface area contributed by atoms with E-state index in [9.17, 15) is 0 Å². The number of nitrogens with zero attached hydrogens (tertiary/aromatic N) is 1. The van der Waals surface area contributed by atoms with E-state index in [1.165, 1.54) is 83.0 Å². The molecular formula is C47H32N2. The molecule has 1 N–H and O–H groups in total. The van der Waals surface area contributed by atoms with E-state index in [-0.39, 0.29) is 6.17 Å². The maximum absolute atomic E-state index is 3.97. The fourth-order valence-corrected chi connectivity index (χ4v) is 7.79. The summed E-state index contributed by atoms with van der Waals surface area (Å²) in [7, 11) is 0. The van der Waals surface area contributed by atoms with Crippen LogP contribution >= 0.6 is 0 Å². The minimum absolute atomic E-state index is 0.0190. The van der Waals surface area contributed by atoms with Crippen LogP contribution in [0, 0.1) is 0 Å². The third-order valence-electron chi connectivity index (χ3n) is 10.2. The topological polar surface area (TPSA) is 15.3 Å². The van der Waals surface area contributed by atoms with Crippen molar-refractivity contribution >= 4 is 38.6 Å². The number of para-hydroxylation sites is 1. The molecule has 49 heavy (non-hydrogen) atoms. The van der Waals surface area contributed by atoms with Crippen LogP contribution in [0.4, 0.5) is 5.69 Å². The molecule has 2 aliphatic rings. The second-order valence-corrected chi connectivity index (χ2v) is 13.0. The molecule has 8 aromatic carbocycles. The summed E-state index contributed by atoms with van der Waals surface area (Å²) in [5.74, 6) is 0. The first-order valence-electron chi connectivity index (χ1n) is 17.0. The quantitative estimate of drug-likeness (QED) is 0.210. The van der Waals surface area contributed by atoms with Gasteiger partial charge in [0.15, 0.2) is 0 Å². The van der Waals surface area contributed by atoms with Gasteiger partial charge in [-0.25, -0.2) is 0 Å². The van der Waals surface area contributed by atoms with Gasteiger partial charge in [-0.1, -0.05) is 152 Å². The first-order valence-corrected chi connectivity index (χ1v) is 17.0. The zero-order valence-corrected chi connectivity index (χ0v) is 26.8. The Kier molecular flexibility index (Phi) is 6.28. The van der Waals surface area contributed by atoms with E-state index >= 15 is 0 Å². The van der Waals surface area contributed by atoms with Crippen molar-refractivity contribution in [3.05, 3.63) is 199 Å². The Hall–Kier alpha value is -6.38. The van der Waals surface area contributed by atoms with Crippen molar-refractivity contribution in [1.29, 1.82) is 0 Å². The molecule has 1 atom stereocenters. The first kappa shape index (κ1) is 27.7. The van der Waals surface area contributed by atoms with Crippen LogP contribution in [0.2, 0.25) is 0 Å². The number of hydrogen-bond donors (Lipinski definition) is 1. The van der Waals surface area contributed by atoms with Gasteiger partial charge in [-0.05, 0) is 85.3 Å². The van der Waals surface area contributed by atoms with E-state index in [0.29, 0.717) is 0 Å². The molecule has 2 aliphatic heterocycles. The lowest BCUT2D eigenvalue weighted by Crippen LogP contribution is -2.32. The molecule has 0 aliphatic carbocycles. The molecule has 230 valence electrons. The summed E-state index contributed by atoms with van der Waals surface area (Å²) in [6.45, 7) is 0. The SMILES string of the molecule is c1ccc(C2=C(c3ccccc3)N3c4ccccc4-c4cc(-c5ccc6cc(-c7ccc8ccccc8c7)ccc6c5)ccc4C3N2)cc1. The zero-order chi connectivity index (χ0) is 32.3. The predicted octanol–water partition coefficient (Wildman–Crippen LogP) is 11.9. The number of fused-ring (bicyclic) bond motifs is 8. The lowest BCUT2D eigenvalue weighted by atomic mass is 9.88. The highest BCUT2D eigenvalue weighted by Crippen LogP contribution is 2.52. The summed E-state index contributed by atoms with van der Waals surface area (Å²) in [4.78, 5) is 2.50. The summed E-state index contributed by atoms with van der Waals surface area (Å²) < 4.78 is 0. The maximum atomic E-state index is 3.97. The summed E-state index contributed by atoms with van der Waals surface area (Å²) in [5.41, 5.74) is 14.7. The first-order chi connectivity index (χ1) is 24.3. The van der Waals surface area contributed by atoms with Gasteiger partial charge in [0.1, 0.15) is 6.17 Å². The smallest absolute Gasteiger partial charge is 0.131 e. The van der Waals surface area contributed by atoms with Crippen LogP contribution in [0.3, 0.4) is 0 Å². The highest BCUT2D eigenvalue weighted by Gasteiger charge is 2.40. The van der Waals surface area contributed by atoms with Gasteiger partial charge in [0.25, 0.3) is 0 Å². The number of nitrogens with one attached hydrogen (secondary N) is 1. The molecule has 10 rings (SSSR count). The number of hydrogen-bond acceptors (Lipinski definition) is 2. The van der Waals surface area contributed by atoms with Crippen molar-refractivity contribution in [2.24, 2.45) is 0 Å². The molecule has 2 nitrogen and oxygen atoms in total. The number of anilines is 1. The highest BCUT2D eigenvalue weighted by molar-refractivity contribution is 6.05. The molecule has 2 heterocycles. The van der Waals surface area contributed by atoms with Gasteiger partial charge in [0.05, 0.1) is 17.1 Å². The van der Waals surface area contributed by atoms with Crippen LogP contribution in [-0.2, 0) is 0 Å². The largest absolute Gasteiger partial charge is 0.359 e. The second kappa shape index (κ2) is 11.1. The molecule has 0 aromatic heterocycles. The van der Waals surface area contributed by atoms with Crippen molar-refractivity contribution in [2.45, 2.75) is 6.17 Å². The van der Waals surface area contributed by atoms with Crippen LogP contribution in [0.1, 0.15) is 22.9 Å². The lowest BCUT2D eigenvalue weighted by Gasteiger charge is -2.37. The summed E-state index contributed by atoms with van der Waals surface area (Å²) in [5, 5.41) is 9.00. The van der Waals surface area contributed by atoms with Gasteiger partial charge in [0.2, 0.25) is 0 Å². The molecule has 8 aromatic rings.